The topological polar surface area (TPSA) is 118 Å². The van der Waals surface area contributed by atoms with Gasteiger partial charge in [0.25, 0.3) is 5.91 Å². The number of carbonyl (C=O) groups excluding carboxylic acids is 3. The Morgan fingerprint density at radius 3 is 2.35 bits per heavy atom. The highest BCUT2D eigenvalue weighted by molar-refractivity contribution is 6.39. The van der Waals surface area contributed by atoms with Gasteiger partial charge >= 0.3 is 11.8 Å². The third-order valence-electron chi connectivity index (χ3n) is 5.42. The quantitative estimate of drug-likeness (QED) is 0.232. The van der Waals surface area contributed by atoms with E-state index in [1.807, 2.05) is 51.1 Å². The maximum Gasteiger partial charge on any atom is 0.329 e. The molecule has 3 aromatic rings. The monoisotopic (exact) mass is 502 g/mol. The van der Waals surface area contributed by atoms with Crippen molar-refractivity contribution in [3.05, 3.63) is 82.9 Å². The second-order valence-electron chi connectivity index (χ2n) is 8.27. The second-order valence-corrected chi connectivity index (χ2v) is 8.27. The number of nitrogens with zero attached hydrogens (tertiary/aromatic N) is 1. The molecule has 3 rings (SSSR count). The molecule has 0 radical (unpaired) electrons. The van der Waals surface area contributed by atoms with Crippen molar-refractivity contribution in [2.24, 2.45) is 5.10 Å². The summed E-state index contributed by atoms with van der Waals surface area (Å²) in [5.74, 6) is -1.29. The van der Waals surface area contributed by atoms with E-state index in [1.54, 1.807) is 30.3 Å². The lowest BCUT2D eigenvalue weighted by Crippen LogP contribution is -2.32. The maximum atomic E-state index is 12.3. The van der Waals surface area contributed by atoms with Gasteiger partial charge in [-0.05, 0) is 78.9 Å². The van der Waals surface area contributed by atoms with E-state index >= 15 is 0 Å². The van der Waals surface area contributed by atoms with E-state index in [2.05, 4.69) is 21.2 Å². The fraction of sp³-hybridized carbons (Fsp3) is 0.214. The Balaban J connectivity index is 1.53. The number of hydrazone groups is 1. The molecule has 9 heteroatoms. The molecule has 0 atom stereocenters. The average Bonchev–Trinajstić information content (AvgIpc) is 2.90. The summed E-state index contributed by atoms with van der Waals surface area (Å²) in [5, 5.41) is 9.18. The molecule has 3 N–H and O–H groups in total. The molecule has 3 aromatic carbocycles. The van der Waals surface area contributed by atoms with Crippen LogP contribution in [0.1, 0.15) is 29.2 Å². The van der Waals surface area contributed by atoms with Crippen molar-refractivity contribution in [3.8, 4) is 11.5 Å². The lowest BCUT2D eigenvalue weighted by atomic mass is 10.1. The van der Waals surface area contributed by atoms with Crippen molar-refractivity contribution < 1.29 is 23.9 Å². The van der Waals surface area contributed by atoms with E-state index in [9.17, 15) is 14.4 Å². The van der Waals surface area contributed by atoms with Crippen LogP contribution in [0.3, 0.4) is 0 Å². The summed E-state index contributed by atoms with van der Waals surface area (Å²) >= 11 is 0. The summed E-state index contributed by atoms with van der Waals surface area (Å²) in [5.41, 5.74) is 7.15. The number of aryl methyl sites for hydroxylation is 3. The van der Waals surface area contributed by atoms with Crippen molar-refractivity contribution in [1.82, 2.24) is 5.43 Å². The van der Waals surface area contributed by atoms with Crippen LogP contribution in [0.15, 0.2) is 65.8 Å². The van der Waals surface area contributed by atoms with Crippen LogP contribution in [0, 0.1) is 13.8 Å². The van der Waals surface area contributed by atoms with Crippen molar-refractivity contribution in [2.45, 2.75) is 27.2 Å². The molecule has 0 aliphatic heterocycles. The molecule has 3 amide bonds. The molecule has 0 aliphatic carbocycles. The molecule has 0 spiro atoms. The standard InChI is InChI=1S/C28H30N4O5/c1-5-20-8-11-22(12-9-20)30-27(34)28(35)32-29-16-21-10-13-24(25(15-21)36-4)37-17-26(33)31-23-14-18(2)6-7-19(23)3/h6-16H,5,17H2,1-4H3,(H,30,34)(H,31,33)(H,32,35)/b29-16-. The van der Waals surface area contributed by atoms with Crippen LogP contribution in [0.5, 0.6) is 11.5 Å². The number of benzene rings is 3. The highest BCUT2D eigenvalue weighted by atomic mass is 16.5. The minimum atomic E-state index is -0.905. The smallest absolute Gasteiger partial charge is 0.329 e. The predicted octanol–water partition coefficient (Wildman–Crippen LogP) is 3.98. The molecular formula is C28H30N4O5. The number of anilines is 2. The van der Waals surface area contributed by atoms with Gasteiger partial charge in [-0.2, -0.15) is 5.10 Å². The van der Waals surface area contributed by atoms with E-state index in [1.165, 1.54) is 13.3 Å². The molecule has 0 aromatic heterocycles. The number of hydrogen-bond donors (Lipinski definition) is 3. The second kappa shape index (κ2) is 12.9. The van der Waals surface area contributed by atoms with Crippen LogP contribution in [0.2, 0.25) is 0 Å². The Morgan fingerprint density at radius 1 is 0.892 bits per heavy atom. The van der Waals surface area contributed by atoms with Gasteiger partial charge in [-0.15, -0.1) is 0 Å². The van der Waals surface area contributed by atoms with E-state index in [0.717, 1.165) is 28.8 Å². The van der Waals surface area contributed by atoms with Gasteiger partial charge in [-0.25, -0.2) is 5.43 Å². The average molecular weight is 503 g/mol. The van der Waals surface area contributed by atoms with Crippen LogP contribution in [0.4, 0.5) is 11.4 Å². The Labute approximate surface area is 215 Å². The first kappa shape index (κ1) is 26.9. The number of methoxy groups -OCH3 is 1. The molecule has 0 unspecified atom stereocenters. The first-order chi connectivity index (χ1) is 17.8. The summed E-state index contributed by atoms with van der Waals surface area (Å²) in [6.07, 6.45) is 2.24. The number of carbonyl (C=O) groups is 3. The van der Waals surface area contributed by atoms with Crippen molar-refractivity contribution in [2.75, 3.05) is 24.4 Å². The van der Waals surface area contributed by atoms with Gasteiger partial charge in [0.15, 0.2) is 18.1 Å². The van der Waals surface area contributed by atoms with Gasteiger partial charge in [0.05, 0.1) is 13.3 Å². The van der Waals surface area contributed by atoms with Crippen LogP contribution in [0.25, 0.3) is 0 Å². The molecule has 0 aliphatic rings. The van der Waals surface area contributed by atoms with E-state index in [0.29, 0.717) is 22.7 Å². The summed E-state index contributed by atoms with van der Waals surface area (Å²) < 4.78 is 11.0. The van der Waals surface area contributed by atoms with Gasteiger partial charge in [0.1, 0.15) is 0 Å². The summed E-state index contributed by atoms with van der Waals surface area (Å²) in [7, 11) is 1.47. The number of rotatable bonds is 9. The summed E-state index contributed by atoms with van der Waals surface area (Å²) in [6, 6.07) is 18.0. The summed E-state index contributed by atoms with van der Waals surface area (Å²) in [6.45, 7) is 5.69. The Morgan fingerprint density at radius 2 is 1.65 bits per heavy atom. The zero-order chi connectivity index (χ0) is 26.8. The molecule has 0 saturated carbocycles. The third-order valence-corrected chi connectivity index (χ3v) is 5.42. The molecule has 192 valence electrons. The molecule has 0 fully saturated rings. The first-order valence-corrected chi connectivity index (χ1v) is 11.7. The van der Waals surface area contributed by atoms with Gasteiger partial charge in [-0.1, -0.05) is 31.2 Å². The minimum Gasteiger partial charge on any atom is -0.493 e. The molecular weight excluding hydrogens is 472 g/mol. The lowest BCUT2D eigenvalue weighted by Gasteiger charge is -2.12. The fourth-order valence-electron chi connectivity index (χ4n) is 3.31. The van der Waals surface area contributed by atoms with Crippen LogP contribution < -0.4 is 25.5 Å². The van der Waals surface area contributed by atoms with Crippen molar-refractivity contribution >= 4 is 35.3 Å². The van der Waals surface area contributed by atoms with Gasteiger partial charge in [-0.3, -0.25) is 14.4 Å². The zero-order valence-corrected chi connectivity index (χ0v) is 21.3. The maximum absolute atomic E-state index is 12.3. The molecule has 9 nitrogen and oxygen atoms in total. The number of ether oxygens (including phenoxy) is 2. The highest BCUT2D eigenvalue weighted by Crippen LogP contribution is 2.27. The molecule has 0 heterocycles. The molecule has 0 saturated heterocycles. The zero-order valence-electron chi connectivity index (χ0n) is 21.3. The van der Waals surface area contributed by atoms with E-state index in [-0.39, 0.29) is 12.5 Å². The van der Waals surface area contributed by atoms with Crippen LogP contribution in [-0.4, -0.2) is 37.7 Å². The minimum absolute atomic E-state index is 0.205. The van der Waals surface area contributed by atoms with Gasteiger partial charge in [0, 0.05) is 11.4 Å². The van der Waals surface area contributed by atoms with Crippen LogP contribution >= 0.6 is 0 Å². The highest BCUT2D eigenvalue weighted by Gasteiger charge is 2.13. The SMILES string of the molecule is CCc1ccc(NC(=O)C(=O)N/N=C\c2ccc(OCC(=O)Nc3cc(C)ccc3C)c(OC)c2)cc1. The number of hydrogen-bond acceptors (Lipinski definition) is 6. The largest absolute Gasteiger partial charge is 0.493 e. The van der Waals surface area contributed by atoms with Gasteiger partial charge in [0.2, 0.25) is 0 Å². The summed E-state index contributed by atoms with van der Waals surface area (Å²) in [4.78, 5) is 36.5. The van der Waals surface area contributed by atoms with Crippen molar-refractivity contribution in [1.29, 1.82) is 0 Å². The first-order valence-electron chi connectivity index (χ1n) is 11.7. The Hall–Kier alpha value is -4.66. The normalized spacial score (nSPS) is 10.6. The van der Waals surface area contributed by atoms with Crippen LogP contribution in [-0.2, 0) is 20.8 Å². The predicted molar refractivity (Wildman–Crippen MR) is 143 cm³/mol. The molecule has 37 heavy (non-hydrogen) atoms. The van der Waals surface area contributed by atoms with E-state index in [4.69, 9.17) is 9.47 Å². The Kier molecular flexibility index (Phi) is 9.37. The third kappa shape index (κ3) is 7.93. The lowest BCUT2D eigenvalue weighted by molar-refractivity contribution is -0.136. The van der Waals surface area contributed by atoms with Crippen molar-refractivity contribution in [3.63, 3.8) is 0 Å². The van der Waals surface area contributed by atoms with Gasteiger partial charge < -0.3 is 20.1 Å². The fourth-order valence-corrected chi connectivity index (χ4v) is 3.31. The Bertz CT molecular complexity index is 1300. The number of nitrogens with one attached hydrogen (secondary N) is 3. The number of amides is 3. The molecule has 0 bridgehead atoms. The van der Waals surface area contributed by atoms with E-state index < -0.39 is 11.8 Å².